The molecular formula is C8H12N2S3. The molecule has 2 N–H and O–H groups in total. The summed E-state index contributed by atoms with van der Waals surface area (Å²) in [6, 6.07) is 0. The summed E-state index contributed by atoms with van der Waals surface area (Å²) in [6.45, 7) is 2.18. The van der Waals surface area contributed by atoms with Crippen LogP contribution in [-0.4, -0.2) is 15.7 Å². The third-order valence-electron chi connectivity index (χ3n) is 1.37. The van der Waals surface area contributed by atoms with Crippen LogP contribution in [0.2, 0.25) is 0 Å². The highest BCUT2D eigenvalue weighted by molar-refractivity contribution is 7.98. The Morgan fingerprint density at radius 2 is 2.54 bits per heavy atom. The van der Waals surface area contributed by atoms with E-state index in [0.717, 1.165) is 15.6 Å². The molecule has 1 aromatic rings. The molecule has 5 heteroatoms. The predicted molar refractivity (Wildman–Crippen MR) is 64.5 cm³/mol. The van der Waals surface area contributed by atoms with Gasteiger partial charge in [-0.25, -0.2) is 4.98 Å². The Kier molecular flexibility index (Phi) is 4.69. The maximum atomic E-state index is 5.48. The minimum atomic E-state index is 0.448. The number of hydrogen-bond donors (Lipinski definition) is 1. The summed E-state index contributed by atoms with van der Waals surface area (Å²) in [4.78, 5) is 5.61. The lowest BCUT2D eigenvalue weighted by Gasteiger charge is -1.93. The normalized spacial score (nSPS) is 10.2. The molecule has 1 aromatic heterocycles. The van der Waals surface area contributed by atoms with Crippen LogP contribution in [0.3, 0.4) is 0 Å². The molecule has 2 nitrogen and oxygen atoms in total. The van der Waals surface area contributed by atoms with Gasteiger partial charge in [0.25, 0.3) is 0 Å². The molecule has 13 heavy (non-hydrogen) atoms. The second kappa shape index (κ2) is 5.57. The Morgan fingerprint density at radius 3 is 3.08 bits per heavy atom. The molecule has 0 aliphatic heterocycles. The molecular weight excluding hydrogens is 220 g/mol. The van der Waals surface area contributed by atoms with Gasteiger partial charge in [-0.3, -0.25) is 0 Å². The van der Waals surface area contributed by atoms with Gasteiger partial charge >= 0.3 is 0 Å². The lowest BCUT2D eigenvalue weighted by Crippen LogP contribution is -2.06. The third kappa shape index (κ3) is 3.62. The van der Waals surface area contributed by atoms with Gasteiger partial charge in [0.15, 0.2) is 0 Å². The van der Waals surface area contributed by atoms with Crippen LogP contribution in [0.25, 0.3) is 0 Å². The first-order chi connectivity index (χ1) is 6.24. The molecule has 1 heterocycles. The monoisotopic (exact) mass is 232 g/mol. The standard InChI is InChI=1S/C8H12N2S3/c1-2-3-12-5-7-10-4-6(13-7)8(9)11/h4H,2-3,5H2,1H3,(H2,9,11). The van der Waals surface area contributed by atoms with E-state index < -0.39 is 0 Å². The number of nitrogens with zero attached hydrogens (tertiary/aromatic N) is 1. The number of thiocarbonyl (C=S) groups is 1. The molecule has 0 aliphatic rings. The summed E-state index contributed by atoms with van der Waals surface area (Å²) in [6.07, 6.45) is 2.97. The average Bonchev–Trinajstić information content (AvgIpc) is 2.53. The van der Waals surface area contributed by atoms with Crippen LogP contribution in [0, 0.1) is 0 Å². The molecule has 0 aliphatic carbocycles. The van der Waals surface area contributed by atoms with Crippen LogP contribution in [0.5, 0.6) is 0 Å². The van der Waals surface area contributed by atoms with Crippen molar-refractivity contribution in [2.24, 2.45) is 5.73 Å². The number of nitrogens with two attached hydrogens (primary N) is 1. The summed E-state index contributed by atoms with van der Waals surface area (Å²) in [5, 5.41) is 1.11. The summed E-state index contributed by atoms with van der Waals surface area (Å²) >= 11 is 8.34. The van der Waals surface area contributed by atoms with Gasteiger partial charge in [-0.1, -0.05) is 19.1 Å². The predicted octanol–water partition coefficient (Wildman–Crippen LogP) is 2.42. The van der Waals surface area contributed by atoms with Crippen molar-refractivity contribution >= 4 is 40.3 Å². The highest BCUT2D eigenvalue weighted by atomic mass is 32.2. The zero-order valence-electron chi connectivity index (χ0n) is 7.45. The highest BCUT2D eigenvalue weighted by Gasteiger charge is 2.03. The second-order valence-corrected chi connectivity index (χ2v) is 5.20. The van der Waals surface area contributed by atoms with Crippen LogP contribution < -0.4 is 5.73 Å². The minimum Gasteiger partial charge on any atom is -0.389 e. The van der Waals surface area contributed by atoms with Crippen molar-refractivity contribution in [2.45, 2.75) is 19.1 Å². The summed E-state index contributed by atoms with van der Waals surface area (Å²) < 4.78 is 0. The van der Waals surface area contributed by atoms with E-state index in [-0.39, 0.29) is 0 Å². The number of rotatable bonds is 5. The Balaban J connectivity index is 2.44. The zero-order valence-corrected chi connectivity index (χ0v) is 9.90. The van der Waals surface area contributed by atoms with Gasteiger partial charge in [-0.15, -0.1) is 11.3 Å². The first kappa shape index (κ1) is 10.9. The quantitative estimate of drug-likeness (QED) is 0.625. The van der Waals surface area contributed by atoms with Crippen molar-refractivity contribution in [3.05, 3.63) is 16.1 Å². The molecule has 0 bridgehead atoms. The largest absolute Gasteiger partial charge is 0.389 e. The summed E-state index contributed by atoms with van der Waals surface area (Å²) in [7, 11) is 0. The van der Waals surface area contributed by atoms with Crippen LogP contribution in [0.4, 0.5) is 0 Å². The van der Waals surface area contributed by atoms with Crippen LogP contribution in [0.15, 0.2) is 6.20 Å². The molecule has 1 rings (SSSR count). The molecule has 0 saturated heterocycles. The highest BCUT2D eigenvalue weighted by Crippen LogP contribution is 2.18. The topological polar surface area (TPSA) is 38.9 Å². The van der Waals surface area contributed by atoms with Gasteiger partial charge in [-0.05, 0) is 12.2 Å². The number of aromatic nitrogens is 1. The zero-order chi connectivity index (χ0) is 9.68. The summed E-state index contributed by atoms with van der Waals surface area (Å²) in [5.74, 6) is 2.16. The van der Waals surface area contributed by atoms with Gasteiger partial charge in [-0.2, -0.15) is 11.8 Å². The van der Waals surface area contributed by atoms with Crippen molar-refractivity contribution in [2.75, 3.05) is 5.75 Å². The molecule has 0 saturated carbocycles. The Hall–Kier alpha value is -0.130. The van der Waals surface area contributed by atoms with Crippen LogP contribution in [0.1, 0.15) is 23.2 Å². The van der Waals surface area contributed by atoms with Crippen molar-refractivity contribution in [3.63, 3.8) is 0 Å². The SMILES string of the molecule is CCCSCc1ncc(C(N)=S)s1. The van der Waals surface area contributed by atoms with E-state index in [1.54, 1.807) is 17.5 Å². The maximum absolute atomic E-state index is 5.48. The van der Waals surface area contributed by atoms with E-state index in [9.17, 15) is 0 Å². The fourth-order valence-electron chi connectivity index (χ4n) is 0.795. The lowest BCUT2D eigenvalue weighted by molar-refractivity contribution is 1.10. The first-order valence-electron chi connectivity index (χ1n) is 4.06. The Labute approximate surface area is 91.9 Å². The van der Waals surface area contributed by atoms with E-state index in [1.165, 1.54) is 12.2 Å². The number of thiazole rings is 1. The van der Waals surface area contributed by atoms with E-state index >= 15 is 0 Å². The van der Waals surface area contributed by atoms with Crippen molar-refractivity contribution in [3.8, 4) is 0 Å². The second-order valence-electron chi connectivity index (χ2n) is 2.54. The molecule has 0 spiro atoms. The van der Waals surface area contributed by atoms with Crippen molar-refractivity contribution in [1.29, 1.82) is 0 Å². The Morgan fingerprint density at radius 1 is 1.77 bits per heavy atom. The fraction of sp³-hybridized carbons (Fsp3) is 0.500. The van der Waals surface area contributed by atoms with Crippen LogP contribution in [-0.2, 0) is 5.75 Å². The van der Waals surface area contributed by atoms with Gasteiger partial charge in [0, 0.05) is 11.9 Å². The van der Waals surface area contributed by atoms with Crippen molar-refractivity contribution in [1.82, 2.24) is 4.98 Å². The molecule has 0 aromatic carbocycles. The van der Waals surface area contributed by atoms with E-state index in [4.69, 9.17) is 18.0 Å². The van der Waals surface area contributed by atoms with Gasteiger partial charge in [0.2, 0.25) is 0 Å². The van der Waals surface area contributed by atoms with Gasteiger partial charge in [0.1, 0.15) is 10.00 Å². The van der Waals surface area contributed by atoms with E-state index in [2.05, 4.69) is 11.9 Å². The molecule has 0 amide bonds. The minimum absolute atomic E-state index is 0.448. The third-order valence-corrected chi connectivity index (χ3v) is 4.11. The number of hydrogen-bond acceptors (Lipinski definition) is 4. The van der Waals surface area contributed by atoms with E-state index in [1.807, 2.05) is 11.8 Å². The molecule has 0 radical (unpaired) electrons. The smallest absolute Gasteiger partial charge is 0.115 e. The lowest BCUT2D eigenvalue weighted by atomic mass is 10.6. The summed E-state index contributed by atoms with van der Waals surface area (Å²) in [5.41, 5.74) is 5.48. The van der Waals surface area contributed by atoms with E-state index in [0.29, 0.717) is 4.99 Å². The number of thioether (sulfide) groups is 1. The molecule has 0 fully saturated rings. The molecule has 72 valence electrons. The molecule has 0 unspecified atom stereocenters. The Bertz CT molecular complexity index is 283. The van der Waals surface area contributed by atoms with Crippen molar-refractivity contribution < 1.29 is 0 Å². The van der Waals surface area contributed by atoms with Gasteiger partial charge < -0.3 is 5.73 Å². The average molecular weight is 232 g/mol. The fourth-order valence-corrected chi connectivity index (χ4v) is 2.71. The van der Waals surface area contributed by atoms with Crippen LogP contribution >= 0.6 is 35.3 Å². The molecule has 0 atom stereocenters. The van der Waals surface area contributed by atoms with Gasteiger partial charge in [0.05, 0.1) is 4.88 Å². The maximum Gasteiger partial charge on any atom is 0.115 e. The first-order valence-corrected chi connectivity index (χ1v) is 6.44.